The second-order valence-electron chi connectivity index (χ2n) is 6.24. The fraction of sp³-hybridized carbons (Fsp3) is 0.286. The summed E-state index contributed by atoms with van der Waals surface area (Å²) in [6, 6.07) is 13.9. The van der Waals surface area contributed by atoms with Crippen LogP contribution < -0.4 is 15.4 Å². The van der Waals surface area contributed by atoms with Crippen molar-refractivity contribution in [2.24, 2.45) is 0 Å². The number of hydrogen-bond donors (Lipinski definition) is 2. The topological polar surface area (TPSA) is 72.0 Å². The lowest BCUT2D eigenvalue weighted by Crippen LogP contribution is -2.16. The van der Waals surface area contributed by atoms with E-state index in [0.29, 0.717) is 12.6 Å². The molecule has 140 valence electrons. The van der Waals surface area contributed by atoms with Gasteiger partial charge in [0.2, 0.25) is 5.95 Å². The molecule has 0 saturated carbocycles. The van der Waals surface area contributed by atoms with Crippen molar-refractivity contribution in [3.05, 3.63) is 54.9 Å². The number of rotatable bonds is 8. The zero-order valence-corrected chi connectivity index (χ0v) is 15.9. The highest BCUT2D eigenvalue weighted by Gasteiger charge is 2.09. The molecule has 0 radical (unpaired) electrons. The third kappa shape index (κ3) is 5.17. The molecule has 2 heterocycles. The van der Waals surface area contributed by atoms with Crippen LogP contribution >= 0.6 is 0 Å². The lowest BCUT2D eigenvalue weighted by atomic mass is 10.2. The highest BCUT2D eigenvalue weighted by molar-refractivity contribution is 5.67. The number of nitrogens with zero attached hydrogens (tertiary/aromatic N) is 3. The van der Waals surface area contributed by atoms with Gasteiger partial charge in [0.25, 0.3) is 0 Å². The van der Waals surface area contributed by atoms with Gasteiger partial charge in [-0.1, -0.05) is 6.92 Å². The first-order valence-corrected chi connectivity index (χ1v) is 9.23. The Labute approximate surface area is 160 Å². The number of hydrogen-bond acceptors (Lipinski definition) is 6. The summed E-state index contributed by atoms with van der Waals surface area (Å²) in [5.41, 5.74) is 2.70. The first-order valence-electron chi connectivity index (χ1n) is 9.23. The molecule has 3 aromatic rings. The summed E-state index contributed by atoms with van der Waals surface area (Å²) in [4.78, 5) is 13.5. The monoisotopic (exact) mass is 363 g/mol. The van der Waals surface area contributed by atoms with Crippen LogP contribution in [0.2, 0.25) is 0 Å². The lowest BCUT2D eigenvalue weighted by molar-refractivity contribution is 0.340. The molecule has 0 aliphatic rings. The Hall–Kier alpha value is -3.15. The van der Waals surface area contributed by atoms with Crippen molar-refractivity contribution in [3.8, 4) is 17.0 Å². The third-order valence-electron chi connectivity index (χ3n) is 4.11. The van der Waals surface area contributed by atoms with Crippen LogP contribution in [0.4, 0.5) is 17.5 Å². The molecule has 27 heavy (non-hydrogen) atoms. The SMILES string of the molecule is CCOc1ccc(Nc2cc(-c3cccnc3)nc(N[C@H](C)CC)n2)cc1. The van der Waals surface area contributed by atoms with Gasteiger partial charge in [-0.15, -0.1) is 0 Å². The van der Waals surface area contributed by atoms with Gasteiger partial charge >= 0.3 is 0 Å². The fourth-order valence-electron chi connectivity index (χ4n) is 2.51. The Morgan fingerprint density at radius 3 is 2.56 bits per heavy atom. The maximum Gasteiger partial charge on any atom is 0.225 e. The van der Waals surface area contributed by atoms with Crippen molar-refractivity contribution in [2.75, 3.05) is 17.2 Å². The van der Waals surface area contributed by atoms with Gasteiger partial charge in [-0.05, 0) is 56.7 Å². The van der Waals surface area contributed by atoms with E-state index in [1.807, 2.05) is 49.4 Å². The minimum Gasteiger partial charge on any atom is -0.494 e. The lowest BCUT2D eigenvalue weighted by Gasteiger charge is -2.14. The Kier molecular flexibility index (Phi) is 6.20. The van der Waals surface area contributed by atoms with E-state index in [0.717, 1.165) is 34.9 Å². The van der Waals surface area contributed by atoms with Gasteiger partial charge in [-0.2, -0.15) is 4.98 Å². The summed E-state index contributed by atoms with van der Waals surface area (Å²) >= 11 is 0. The average molecular weight is 363 g/mol. The molecule has 0 bridgehead atoms. The molecule has 0 amide bonds. The van der Waals surface area contributed by atoms with Crippen molar-refractivity contribution in [2.45, 2.75) is 33.2 Å². The number of ether oxygens (including phenoxy) is 1. The number of pyridine rings is 1. The maximum atomic E-state index is 5.49. The summed E-state index contributed by atoms with van der Waals surface area (Å²) < 4.78 is 5.49. The van der Waals surface area contributed by atoms with Gasteiger partial charge in [0.1, 0.15) is 11.6 Å². The Morgan fingerprint density at radius 1 is 1.07 bits per heavy atom. The first-order chi connectivity index (χ1) is 13.2. The molecule has 0 aliphatic carbocycles. The fourth-order valence-corrected chi connectivity index (χ4v) is 2.51. The largest absolute Gasteiger partial charge is 0.494 e. The molecule has 2 aromatic heterocycles. The molecule has 0 aliphatic heterocycles. The highest BCUT2D eigenvalue weighted by atomic mass is 16.5. The Balaban J connectivity index is 1.89. The molecular weight excluding hydrogens is 338 g/mol. The molecule has 0 fully saturated rings. The molecule has 0 spiro atoms. The van der Waals surface area contributed by atoms with E-state index in [9.17, 15) is 0 Å². The Morgan fingerprint density at radius 2 is 1.89 bits per heavy atom. The van der Waals surface area contributed by atoms with Crippen molar-refractivity contribution < 1.29 is 4.74 Å². The normalized spacial score (nSPS) is 11.7. The molecule has 0 saturated heterocycles. The van der Waals surface area contributed by atoms with Crippen LogP contribution in [0.15, 0.2) is 54.9 Å². The van der Waals surface area contributed by atoms with Gasteiger partial charge in [-0.25, -0.2) is 4.98 Å². The minimum atomic E-state index is 0.285. The van der Waals surface area contributed by atoms with E-state index in [4.69, 9.17) is 4.74 Å². The molecule has 1 aromatic carbocycles. The Bertz CT molecular complexity index is 852. The van der Waals surface area contributed by atoms with Gasteiger partial charge in [0.15, 0.2) is 0 Å². The van der Waals surface area contributed by atoms with Crippen molar-refractivity contribution >= 4 is 17.5 Å². The molecule has 6 nitrogen and oxygen atoms in total. The standard InChI is InChI=1S/C21H25N5O/c1-4-15(3)23-21-25-19(16-7-6-12-22-14-16)13-20(26-21)24-17-8-10-18(11-9-17)27-5-2/h6-15H,4-5H2,1-3H3,(H2,23,24,25,26)/t15-/m1/s1. The molecule has 6 heteroatoms. The quantitative estimate of drug-likeness (QED) is 0.594. The maximum absolute atomic E-state index is 5.49. The zero-order chi connectivity index (χ0) is 19.1. The summed E-state index contributed by atoms with van der Waals surface area (Å²) in [7, 11) is 0. The van der Waals surface area contributed by atoms with E-state index in [1.165, 1.54) is 0 Å². The molecule has 1 atom stereocenters. The summed E-state index contributed by atoms with van der Waals surface area (Å²) in [5.74, 6) is 2.17. The number of aromatic nitrogens is 3. The van der Waals surface area contributed by atoms with E-state index < -0.39 is 0 Å². The predicted octanol–water partition coefficient (Wildman–Crippen LogP) is 4.89. The van der Waals surface area contributed by atoms with Crippen LogP contribution in [-0.2, 0) is 0 Å². The molecule has 3 rings (SSSR count). The molecule has 2 N–H and O–H groups in total. The number of nitrogens with one attached hydrogen (secondary N) is 2. The highest BCUT2D eigenvalue weighted by Crippen LogP contribution is 2.24. The smallest absolute Gasteiger partial charge is 0.225 e. The summed E-state index contributed by atoms with van der Waals surface area (Å²) in [6.45, 7) is 6.86. The van der Waals surface area contributed by atoms with Crippen LogP contribution in [0.3, 0.4) is 0 Å². The summed E-state index contributed by atoms with van der Waals surface area (Å²) in [6.07, 6.45) is 4.54. The predicted molar refractivity (Wildman–Crippen MR) is 110 cm³/mol. The van der Waals surface area contributed by atoms with Crippen LogP contribution in [0, 0.1) is 0 Å². The number of anilines is 3. The van der Waals surface area contributed by atoms with Crippen molar-refractivity contribution in [1.29, 1.82) is 0 Å². The molecule has 0 unspecified atom stereocenters. The third-order valence-corrected chi connectivity index (χ3v) is 4.11. The van der Waals surface area contributed by atoms with E-state index in [2.05, 4.69) is 39.4 Å². The van der Waals surface area contributed by atoms with Crippen molar-refractivity contribution in [3.63, 3.8) is 0 Å². The number of benzene rings is 1. The van der Waals surface area contributed by atoms with E-state index in [-0.39, 0.29) is 6.04 Å². The van der Waals surface area contributed by atoms with Gasteiger partial charge in [0, 0.05) is 35.8 Å². The van der Waals surface area contributed by atoms with Crippen molar-refractivity contribution in [1.82, 2.24) is 15.0 Å². The first kappa shape index (κ1) is 18.6. The minimum absolute atomic E-state index is 0.285. The van der Waals surface area contributed by atoms with Gasteiger partial charge in [0.05, 0.1) is 12.3 Å². The molecular formula is C21H25N5O. The summed E-state index contributed by atoms with van der Waals surface area (Å²) in [5, 5.41) is 6.70. The second-order valence-corrected chi connectivity index (χ2v) is 6.24. The van der Waals surface area contributed by atoms with Gasteiger partial charge in [-0.3, -0.25) is 4.98 Å². The van der Waals surface area contributed by atoms with Gasteiger partial charge < -0.3 is 15.4 Å². The average Bonchev–Trinajstić information content (AvgIpc) is 2.70. The zero-order valence-electron chi connectivity index (χ0n) is 15.9. The van der Waals surface area contributed by atoms with E-state index in [1.54, 1.807) is 12.4 Å². The second kappa shape index (κ2) is 8.98. The van der Waals surface area contributed by atoms with E-state index >= 15 is 0 Å². The van der Waals surface area contributed by atoms with Crippen LogP contribution in [0.5, 0.6) is 5.75 Å². The van der Waals surface area contributed by atoms with Crippen LogP contribution in [0.25, 0.3) is 11.3 Å². The van der Waals surface area contributed by atoms with Crippen LogP contribution in [-0.4, -0.2) is 27.6 Å². The van der Waals surface area contributed by atoms with Crippen LogP contribution in [0.1, 0.15) is 27.2 Å².